The maximum Gasteiger partial charge on any atom is 0.251 e. The minimum Gasteiger partial charge on any atom is -0.324 e. The zero-order valence-corrected chi connectivity index (χ0v) is 11.4. The Morgan fingerprint density at radius 1 is 1.47 bits per heavy atom. The molecule has 3 nitrogen and oxygen atoms in total. The zero-order valence-electron chi connectivity index (χ0n) is 9.77. The van der Waals surface area contributed by atoms with Crippen LogP contribution < -0.4 is 5.56 Å². The molecule has 5 heteroatoms. The van der Waals surface area contributed by atoms with Gasteiger partial charge in [0.2, 0.25) is 0 Å². The monoisotopic (exact) mass is 266 g/mol. The van der Waals surface area contributed by atoms with Gasteiger partial charge in [-0.3, -0.25) is 9.78 Å². The molecular weight excluding hydrogens is 252 g/mol. The zero-order chi connectivity index (χ0) is 12.5. The van der Waals surface area contributed by atoms with Crippen molar-refractivity contribution in [1.29, 1.82) is 0 Å². The molecule has 2 rings (SSSR count). The summed E-state index contributed by atoms with van der Waals surface area (Å²) in [5, 5.41) is 2.07. The topological polar surface area (TPSA) is 37.8 Å². The molecule has 0 atom stereocenters. The van der Waals surface area contributed by atoms with Crippen LogP contribution in [0.15, 0.2) is 34.6 Å². The second-order valence-corrected chi connectivity index (χ2v) is 5.93. The quantitative estimate of drug-likeness (QED) is 0.867. The van der Waals surface area contributed by atoms with Gasteiger partial charge >= 0.3 is 0 Å². The van der Waals surface area contributed by atoms with Gasteiger partial charge < -0.3 is 4.57 Å². The van der Waals surface area contributed by atoms with Gasteiger partial charge in [0, 0.05) is 29.1 Å². The highest BCUT2D eigenvalue weighted by Gasteiger charge is 2.22. The fourth-order valence-electron chi connectivity index (χ4n) is 1.74. The molecular formula is C12H14N2OS2. The first kappa shape index (κ1) is 12.3. The van der Waals surface area contributed by atoms with Crippen LogP contribution in [0.1, 0.15) is 18.7 Å². The molecule has 1 N–H and O–H groups in total. The highest BCUT2D eigenvalue weighted by Crippen LogP contribution is 2.28. The van der Waals surface area contributed by atoms with E-state index in [9.17, 15) is 4.79 Å². The minimum atomic E-state index is -0.153. The highest BCUT2D eigenvalue weighted by molar-refractivity contribution is 7.71. The van der Waals surface area contributed by atoms with Crippen LogP contribution in [-0.2, 0) is 12.0 Å². The predicted molar refractivity (Wildman–Crippen MR) is 73.2 cm³/mol. The molecule has 2 aromatic rings. The van der Waals surface area contributed by atoms with Gasteiger partial charge in [0.15, 0.2) is 4.77 Å². The maximum atomic E-state index is 11.1. The van der Waals surface area contributed by atoms with Crippen molar-refractivity contribution < 1.29 is 0 Å². The molecule has 0 aliphatic rings. The number of thiophene rings is 1. The fraction of sp³-hybridized carbons (Fsp3) is 0.333. The summed E-state index contributed by atoms with van der Waals surface area (Å²) in [5.41, 5.74) is -0.148. The minimum absolute atomic E-state index is 0.00460. The lowest BCUT2D eigenvalue weighted by Crippen LogP contribution is -2.25. The van der Waals surface area contributed by atoms with Crippen LogP contribution in [0.5, 0.6) is 0 Å². The average Bonchev–Trinajstić information content (AvgIpc) is 2.76. The van der Waals surface area contributed by atoms with E-state index in [0.29, 0.717) is 4.77 Å². The molecule has 17 heavy (non-hydrogen) atoms. The molecule has 0 aliphatic carbocycles. The summed E-state index contributed by atoms with van der Waals surface area (Å²) in [4.78, 5) is 15.0. The van der Waals surface area contributed by atoms with Crippen molar-refractivity contribution in [3.63, 3.8) is 0 Å². The first-order chi connectivity index (χ1) is 7.99. The van der Waals surface area contributed by atoms with E-state index in [1.165, 1.54) is 10.9 Å². The van der Waals surface area contributed by atoms with Crippen molar-refractivity contribution in [2.24, 2.45) is 0 Å². The lowest BCUT2D eigenvalue weighted by atomic mass is 9.91. The average molecular weight is 266 g/mol. The Morgan fingerprint density at radius 2 is 2.24 bits per heavy atom. The molecule has 90 valence electrons. The van der Waals surface area contributed by atoms with Crippen LogP contribution in [0.4, 0.5) is 0 Å². The third kappa shape index (κ3) is 2.73. The number of rotatable bonds is 3. The van der Waals surface area contributed by atoms with E-state index >= 15 is 0 Å². The number of aromatic nitrogens is 2. The Morgan fingerprint density at radius 3 is 2.82 bits per heavy atom. The molecule has 0 radical (unpaired) electrons. The van der Waals surface area contributed by atoms with Crippen LogP contribution in [0.25, 0.3) is 0 Å². The fourth-order valence-corrected chi connectivity index (χ4v) is 2.81. The van der Waals surface area contributed by atoms with Crippen LogP contribution >= 0.6 is 23.6 Å². The molecule has 0 saturated carbocycles. The Bertz CT molecular complexity index is 608. The molecule has 2 heterocycles. The van der Waals surface area contributed by atoms with Crippen molar-refractivity contribution in [2.45, 2.75) is 25.8 Å². The van der Waals surface area contributed by atoms with E-state index in [1.807, 2.05) is 10.6 Å². The Kier molecular flexibility index (Phi) is 3.31. The number of hydrogen-bond acceptors (Lipinski definition) is 3. The van der Waals surface area contributed by atoms with E-state index in [1.54, 1.807) is 17.5 Å². The summed E-state index contributed by atoms with van der Waals surface area (Å²) in [6, 6.07) is 5.67. The lowest BCUT2D eigenvalue weighted by Gasteiger charge is -2.24. The first-order valence-corrected chi connectivity index (χ1v) is 6.61. The number of nitrogens with one attached hydrogen (secondary N) is 1. The van der Waals surface area contributed by atoms with E-state index in [-0.39, 0.29) is 11.0 Å². The van der Waals surface area contributed by atoms with Crippen molar-refractivity contribution >= 4 is 23.6 Å². The predicted octanol–water partition coefficient (Wildman–Crippen LogP) is 2.95. The highest BCUT2D eigenvalue weighted by atomic mass is 32.1. The van der Waals surface area contributed by atoms with Gasteiger partial charge in [-0.15, -0.1) is 11.3 Å². The largest absolute Gasteiger partial charge is 0.324 e. The van der Waals surface area contributed by atoms with Gasteiger partial charge in [0.25, 0.3) is 5.56 Å². The summed E-state index contributed by atoms with van der Waals surface area (Å²) in [7, 11) is 0. The van der Waals surface area contributed by atoms with Crippen LogP contribution in [0.2, 0.25) is 0 Å². The van der Waals surface area contributed by atoms with Crippen LogP contribution in [0, 0.1) is 4.77 Å². The maximum absolute atomic E-state index is 11.1. The Hall–Kier alpha value is -1.20. The summed E-state index contributed by atoms with van der Waals surface area (Å²) < 4.78 is 2.37. The van der Waals surface area contributed by atoms with Crippen molar-refractivity contribution in [3.05, 3.63) is 49.8 Å². The third-order valence-electron chi connectivity index (χ3n) is 2.65. The van der Waals surface area contributed by atoms with Gasteiger partial charge in [-0.2, -0.15) is 0 Å². The van der Waals surface area contributed by atoms with E-state index < -0.39 is 0 Å². The van der Waals surface area contributed by atoms with Gasteiger partial charge in [-0.25, -0.2) is 0 Å². The SMILES string of the molecule is CC(C)(Cn1ccc(=O)[nH]c1=S)c1cccs1. The van der Waals surface area contributed by atoms with E-state index in [4.69, 9.17) is 12.2 Å². The lowest BCUT2D eigenvalue weighted by molar-refractivity contribution is 0.434. The molecule has 0 aliphatic heterocycles. The molecule has 0 unspecified atom stereocenters. The molecule has 0 amide bonds. The molecule has 0 bridgehead atoms. The first-order valence-electron chi connectivity index (χ1n) is 5.33. The molecule has 0 aromatic carbocycles. The van der Waals surface area contributed by atoms with Crippen LogP contribution in [0.3, 0.4) is 0 Å². The number of aromatic amines is 1. The summed E-state index contributed by atoms with van der Waals surface area (Å²) in [5.74, 6) is 0. The van der Waals surface area contributed by atoms with E-state index in [0.717, 1.165) is 6.54 Å². The Balaban J connectivity index is 2.32. The van der Waals surface area contributed by atoms with Crippen molar-refractivity contribution in [2.75, 3.05) is 0 Å². The second kappa shape index (κ2) is 4.58. The van der Waals surface area contributed by atoms with Crippen molar-refractivity contribution in [1.82, 2.24) is 9.55 Å². The molecule has 2 aromatic heterocycles. The summed E-state index contributed by atoms with van der Waals surface area (Å²) in [6.45, 7) is 5.10. The van der Waals surface area contributed by atoms with Crippen molar-refractivity contribution in [3.8, 4) is 0 Å². The normalized spacial score (nSPS) is 11.6. The number of nitrogens with zero attached hydrogens (tertiary/aromatic N) is 1. The summed E-state index contributed by atoms with van der Waals surface area (Å²) >= 11 is 6.89. The molecule has 0 spiro atoms. The van der Waals surface area contributed by atoms with E-state index in [2.05, 4.69) is 30.3 Å². The molecule has 0 saturated heterocycles. The smallest absolute Gasteiger partial charge is 0.251 e. The van der Waals surface area contributed by atoms with Gasteiger partial charge in [0.1, 0.15) is 0 Å². The van der Waals surface area contributed by atoms with Gasteiger partial charge in [-0.1, -0.05) is 19.9 Å². The summed E-state index contributed by atoms with van der Waals surface area (Å²) in [6.07, 6.45) is 1.75. The molecule has 0 fully saturated rings. The second-order valence-electron chi connectivity index (χ2n) is 4.60. The van der Waals surface area contributed by atoms with Gasteiger partial charge in [-0.05, 0) is 23.7 Å². The Labute approximate surface area is 109 Å². The van der Waals surface area contributed by atoms with Gasteiger partial charge in [0.05, 0.1) is 0 Å². The third-order valence-corrected chi connectivity index (χ3v) is 4.22. The number of hydrogen-bond donors (Lipinski definition) is 1. The van der Waals surface area contributed by atoms with Crippen LogP contribution in [-0.4, -0.2) is 9.55 Å². The number of H-pyrrole nitrogens is 1. The standard InChI is InChI=1S/C12H14N2OS2/c1-12(2,9-4-3-7-17-9)8-14-6-5-10(15)13-11(14)16/h3-7H,8H2,1-2H3,(H,13,15,16).